The van der Waals surface area contributed by atoms with Crippen LogP contribution in [0.4, 0.5) is 0 Å². The molecule has 0 aliphatic rings. The summed E-state index contributed by atoms with van der Waals surface area (Å²) >= 11 is 5.88. The van der Waals surface area contributed by atoms with Gasteiger partial charge in [0.1, 0.15) is 24.7 Å². The van der Waals surface area contributed by atoms with Crippen LogP contribution in [0.2, 0.25) is 5.02 Å². The van der Waals surface area contributed by atoms with E-state index in [0.29, 0.717) is 16.5 Å². The number of hydrogen-bond donors (Lipinski definition) is 1. The van der Waals surface area contributed by atoms with Gasteiger partial charge in [0.05, 0.1) is 4.90 Å². The van der Waals surface area contributed by atoms with Gasteiger partial charge >= 0.3 is 5.97 Å². The minimum Gasteiger partial charge on any atom is -0.490 e. The fourth-order valence-corrected chi connectivity index (χ4v) is 2.87. The molecule has 0 bridgehead atoms. The molecule has 146 valence electrons. The Morgan fingerprint density at radius 3 is 2.41 bits per heavy atom. The summed E-state index contributed by atoms with van der Waals surface area (Å²) in [5.74, 6) is 0.451. The second-order valence-corrected chi connectivity index (χ2v) is 7.70. The lowest BCUT2D eigenvalue weighted by Crippen LogP contribution is -2.27. The average Bonchev–Trinajstić information content (AvgIpc) is 2.60. The number of sulfonamides is 1. The van der Waals surface area contributed by atoms with Crippen molar-refractivity contribution in [3.05, 3.63) is 53.1 Å². The van der Waals surface area contributed by atoms with Crippen LogP contribution in [0.25, 0.3) is 0 Å². The van der Waals surface area contributed by atoms with Gasteiger partial charge in [-0.25, -0.2) is 18.4 Å². The van der Waals surface area contributed by atoms with Gasteiger partial charge < -0.3 is 14.2 Å². The Bertz CT molecular complexity index is 899. The van der Waals surface area contributed by atoms with Gasteiger partial charge in [0.15, 0.2) is 6.10 Å². The second-order valence-electron chi connectivity index (χ2n) is 5.70. The molecule has 1 atom stereocenters. The second kappa shape index (κ2) is 9.07. The maximum absolute atomic E-state index is 12.0. The molecule has 2 aromatic carbocycles. The van der Waals surface area contributed by atoms with Gasteiger partial charge in [-0.2, -0.15) is 0 Å². The SMILES string of the molecule is Cc1cc(Cl)ccc1O[C@H](C)C(=O)OCCOc1ccc(S(N)(=O)=O)cc1. The number of esters is 1. The van der Waals surface area contributed by atoms with Crippen LogP contribution in [0.15, 0.2) is 47.4 Å². The van der Waals surface area contributed by atoms with E-state index in [1.165, 1.54) is 24.3 Å². The van der Waals surface area contributed by atoms with Crippen molar-refractivity contribution in [1.82, 2.24) is 0 Å². The zero-order valence-corrected chi connectivity index (χ0v) is 16.4. The summed E-state index contributed by atoms with van der Waals surface area (Å²) in [6.45, 7) is 3.54. The van der Waals surface area contributed by atoms with Gasteiger partial charge in [0.25, 0.3) is 0 Å². The lowest BCUT2D eigenvalue weighted by Gasteiger charge is -2.16. The van der Waals surface area contributed by atoms with Crippen LogP contribution < -0.4 is 14.6 Å². The van der Waals surface area contributed by atoms with Gasteiger partial charge in [0.2, 0.25) is 10.0 Å². The maximum Gasteiger partial charge on any atom is 0.347 e. The number of rotatable bonds is 8. The smallest absolute Gasteiger partial charge is 0.347 e. The zero-order chi connectivity index (χ0) is 20.0. The molecule has 0 saturated carbocycles. The molecule has 0 unspecified atom stereocenters. The summed E-state index contributed by atoms with van der Waals surface area (Å²) in [6.07, 6.45) is -0.793. The van der Waals surface area contributed by atoms with E-state index in [9.17, 15) is 13.2 Å². The summed E-state index contributed by atoms with van der Waals surface area (Å²) in [4.78, 5) is 12.0. The highest BCUT2D eigenvalue weighted by atomic mass is 35.5. The molecule has 0 aromatic heterocycles. The highest BCUT2D eigenvalue weighted by Gasteiger charge is 2.17. The largest absolute Gasteiger partial charge is 0.490 e. The van der Waals surface area contributed by atoms with Crippen molar-refractivity contribution in [1.29, 1.82) is 0 Å². The van der Waals surface area contributed by atoms with E-state index in [4.69, 9.17) is 31.0 Å². The third-order valence-corrected chi connectivity index (χ3v) is 4.69. The number of nitrogens with two attached hydrogens (primary N) is 1. The highest BCUT2D eigenvalue weighted by molar-refractivity contribution is 7.89. The molecule has 0 amide bonds. The van der Waals surface area contributed by atoms with E-state index in [2.05, 4.69) is 0 Å². The third kappa shape index (κ3) is 6.42. The first kappa shape index (κ1) is 21.0. The first-order chi connectivity index (χ1) is 12.7. The normalized spacial score (nSPS) is 12.3. The van der Waals surface area contributed by atoms with E-state index in [1.807, 2.05) is 6.92 Å². The first-order valence-corrected chi connectivity index (χ1v) is 9.94. The van der Waals surface area contributed by atoms with Crippen LogP contribution in [0.5, 0.6) is 11.5 Å². The number of primary sulfonamides is 1. The molecule has 2 N–H and O–H groups in total. The van der Waals surface area contributed by atoms with Crippen LogP contribution in [0, 0.1) is 6.92 Å². The molecule has 27 heavy (non-hydrogen) atoms. The fraction of sp³-hybridized carbons (Fsp3) is 0.278. The van der Waals surface area contributed by atoms with Gasteiger partial charge in [-0.1, -0.05) is 11.6 Å². The van der Waals surface area contributed by atoms with Gasteiger partial charge in [0, 0.05) is 5.02 Å². The van der Waals surface area contributed by atoms with Crippen molar-refractivity contribution >= 4 is 27.6 Å². The molecular formula is C18H20ClNO6S. The summed E-state index contributed by atoms with van der Waals surface area (Å²) in [7, 11) is -3.74. The van der Waals surface area contributed by atoms with Crippen LogP contribution in [0.1, 0.15) is 12.5 Å². The van der Waals surface area contributed by atoms with Crippen molar-refractivity contribution in [2.45, 2.75) is 24.8 Å². The van der Waals surface area contributed by atoms with Gasteiger partial charge in [-0.3, -0.25) is 0 Å². The lowest BCUT2D eigenvalue weighted by atomic mass is 10.2. The van der Waals surface area contributed by atoms with Crippen molar-refractivity contribution in [3.63, 3.8) is 0 Å². The molecule has 0 aliphatic carbocycles. The van der Waals surface area contributed by atoms with Crippen molar-refractivity contribution in [3.8, 4) is 11.5 Å². The molecule has 0 spiro atoms. The quantitative estimate of drug-likeness (QED) is 0.527. The predicted octanol–water partition coefficient (Wildman–Crippen LogP) is 2.69. The van der Waals surface area contributed by atoms with Crippen molar-refractivity contribution in [2.75, 3.05) is 13.2 Å². The standard InChI is InChI=1S/C18H20ClNO6S/c1-12-11-14(19)3-8-17(12)26-13(2)18(21)25-10-9-24-15-4-6-16(7-5-15)27(20,22)23/h3-8,11,13H,9-10H2,1-2H3,(H2,20,22,23)/t13-/m1/s1. The third-order valence-electron chi connectivity index (χ3n) is 3.52. The minimum atomic E-state index is -3.74. The van der Waals surface area contributed by atoms with Gasteiger partial charge in [-0.05, 0) is 61.9 Å². The number of carbonyl (C=O) groups excluding carboxylic acids is 1. The lowest BCUT2D eigenvalue weighted by molar-refractivity contribution is -0.151. The molecule has 7 nitrogen and oxygen atoms in total. The maximum atomic E-state index is 12.0. The van der Waals surface area contributed by atoms with E-state index < -0.39 is 22.1 Å². The van der Waals surface area contributed by atoms with Crippen LogP contribution in [-0.4, -0.2) is 33.7 Å². The number of hydrogen-bond acceptors (Lipinski definition) is 6. The molecule has 2 aromatic rings. The number of halogens is 1. The Kier molecular flexibility index (Phi) is 7.06. The Morgan fingerprint density at radius 1 is 1.15 bits per heavy atom. The number of carbonyl (C=O) groups is 1. The Labute approximate surface area is 163 Å². The monoisotopic (exact) mass is 413 g/mol. The number of aryl methyl sites for hydroxylation is 1. The summed E-state index contributed by atoms with van der Waals surface area (Å²) in [6, 6.07) is 10.7. The molecule has 0 saturated heterocycles. The van der Waals surface area contributed by atoms with Crippen LogP contribution in [-0.2, 0) is 19.6 Å². The minimum absolute atomic E-state index is 0.00950. The van der Waals surface area contributed by atoms with E-state index >= 15 is 0 Å². The van der Waals surface area contributed by atoms with E-state index in [0.717, 1.165) is 5.56 Å². The molecule has 0 heterocycles. The Balaban J connectivity index is 1.76. The molecule has 0 aliphatic heterocycles. The van der Waals surface area contributed by atoms with Gasteiger partial charge in [-0.15, -0.1) is 0 Å². The van der Waals surface area contributed by atoms with Crippen molar-refractivity contribution in [2.24, 2.45) is 5.14 Å². The van der Waals surface area contributed by atoms with E-state index in [-0.39, 0.29) is 18.1 Å². The van der Waals surface area contributed by atoms with Crippen molar-refractivity contribution < 1.29 is 27.4 Å². The fourth-order valence-electron chi connectivity index (χ4n) is 2.13. The molecule has 0 radical (unpaired) electrons. The molecule has 2 rings (SSSR count). The predicted molar refractivity (Wildman–Crippen MR) is 101 cm³/mol. The summed E-state index contributed by atoms with van der Waals surface area (Å²) in [5, 5.41) is 5.60. The highest BCUT2D eigenvalue weighted by Crippen LogP contribution is 2.23. The Morgan fingerprint density at radius 2 is 1.81 bits per heavy atom. The molecule has 0 fully saturated rings. The summed E-state index contributed by atoms with van der Waals surface area (Å²) in [5.41, 5.74) is 0.813. The van der Waals surface area contributed by atoms with Crippen LogP contribution >= 0.6 is 11.6 Å². The average molecular weight is 414 g/mol. The van der Waals surface area contributed by atoms with Crippen LogP contribution in [0.3, 0.4) is 0 Å². The molecular weight excluding hydrogens is 394 g/mol. The first-order valence-electron chi connectivity index (χ1n) is 8.02. The topological polar surface area (TPSA) is 105 Å². The Hall–Kier alpha value is -2.29. The summed E-state index contributed by atoms with van der Waals surface area (Å²) < 4.78 is 38.4. The molecule has 9 heteroatoms. The zero-order valence-electron chi connectivity index (χ0n) is 14.8. The number of ether oxygens (including phenoxy) is 3. The number of benzene rings is 2. The van der Waals surface area contributed by atoms with E-state index in [1.54, 1.807) is 25.1 Å².